The van der Waals surface area contributed by atoms with Gasteiger partial charge >= 0.3 is 0 Å². The molecule has 0 atom stereocenters. The first kappa shape index (κ1) is 22.7. The largest absolute Gasteiger partial charge is 0.437 e. The van der Waals surface area contributed by atoms with Crippen molar-refractivity contribution in [2.24, 2.45) is 12.2 Å². The minimum Gasteiger partial charge on any atom is -0.437 e. The molecule has 4 aromatic rings. The van der Waals surface area contributed by atoms with Crippen molar-refractivity contribution in [2.75, 3.05) is 7.05 Å². The first-order valence-corrected chi connectivity index (χ1v) is 12.1. The fourth-order valence-electron chi connectivity index (χ4n) is 3.44. The van der Waals surface area contributed by atoms with Gasteiger partial charge in [0.1, 0.15) is 21.2 Å². The van der Waals surface area contributed by atoms with Crippen LogP contribution in [0.4, 0.5) is 0 Å². The molecule has 172 valence electrons. The summed E-state index contributed by atoms with van der Waals surface area (Å²) in [4.78, 5) is 32.4. The Kier molecular flexibility index (Phi) is 5.60. The maximum Gasteiger partial charge on any atom is 0.274 e. The number of primary sulfonamides is 1. The van der Waals surface area contributed by atoms with Crippen LogP contribution in [0.25, 0.3) is 21.3 Å². The van der Waals surface area contributed by atoms with Crippen LogP contribution < -0.4 is 20.8 Å². The number of fused-ring (bicyclic) bond motifs is 1. The number of nitrogens with one attached hydrogen (secondary N) is 2. The molecule has 33 heavy (non-hydrogen) atoms. The van der Waals surface area contributed by atoms with Gasteiger partial charge in [-0.25, -0.2) is 18.5 Å². The highest BCUT2D eigenvalue weighted by Crippen LogP contribution is 2.44. The number of ether oxygens (including phenoxy) is 1. The minimum absolute atomic E-state index is 0.110. The lowest BCUT2D eigenvalue weighted by molar-refractivity contribution is 0.0959. The highest BCUT2D eigenvalue weighted by molar-refractivity contribution is 7.91. The second-order valence-corrected chi connectivity index (χ2v) is 10.4. The number of thiophene rings is 1. The lowest BCUT2D eigenvalue weighted by atomic mass is 10.1. The number of hydrogen-bond donors (Lipinski definition) is 3. The predicted octanol–water partition coefficient (Wildman–Crippen LogP) is 2.41. The molecule has 1 amide bonds. The second kappa shape index (κ2) is 8.14. The van der Waals surface area contributed by atoms with E-state index in [0.29, 0.717) is 21.7 Å². The van der Waals surface area contributed by atoms with E-state index in [4.69, 9.17) is 9.88 Å². The molecule has 12 heteroatoms. The third kappa shape index (κ3) is 4.15. The van der Waals surface area contributed by atoms with E-state index < -0.39 is 15.9 Å². The van der Waals surface area contributed by atoms with Gasteiger partial charge in [0.15, 0.2) is 0 Å². The first-order valence-electron chi connectivity index (χ1n) is 9.72. The zero-order valence-electron chi connectivity index (χ0n) is 18.2. The molecule has 0 fully saturated rings. The molecule has 0 bridgehead atoms. The van der Waals surface area contributed by atoms with Crippen molar-refractivity contribution in [2.45, 2.75) is 18.1 Å². The fourth-order valence-corrected chi connectivity index (χ4v) is 5.27. The number of aromatic nitrogens is 3. The van der Waals surface area contributed by atoms with Crippen molar-refractivity contribution in [1.29, 1.82) is 0 Å². The molecule has 4 aromatic heterocycles. The Balaban J connectivity index is 1.99. The smallest absolute Gasteiger partial charge is 0.274 e. The van der Waals surface area contributed by atoms with E-state index in [2.05, 4.69) is 15.3 Å². The van der Waals surface area contributed by atoms with Gasteiger partial charge in [-0.05, 0) is 31.5 Å². The van der Waals surface area contributed by atoms with Gasteiger partial charge < -0.3 is 19.6 Å². The molecule has 0 aliphatic rings. The number of hydrogen-bond acceptors (Lipinski definition) is 7. The van der Waals surface area contributed by atoms with Crippen LogP contribution in [0.5, 0.6) is 11.6 Å². The lowest BCUT2D eigenvalue weighted by Crippen LogP contribution is -2.19. The van der Waals surface area contributed by atoms with Gasteiger partial charge in [-0.3, -0.25) is 9.59 Å². The van der Waals surface area contributed by atoms with Gasteiger partial charge in [-0.1, -0.05) is 0 Å². The highest BCUT2D eigenvalue weighted by Gasteiger charge is 2.24. The summed E-state index contributed by atoms with van der Waals surface area (Å²) in [5, 5.41) is 8.34. The molecular weight excluding hydrogens is 466 g/mol. The molecular formula is C21H21N5O5S2. The summed E-state index contributed by atoms with van der Waals surface area (Å²) >= 11 is 0.905. The van der Waals surface area contributed by atoms with Crippen LogP contribution in [-0.4, -0.2) is 35.9 Å². The maximum absolute atomic E-state index is 12.7. The molecule has 0 radical (unpaired) electrons. The quantitative estimate of drug-likeness (QED) is 0.393. The van der Waals surface area contributed by atoms with Crippen molar-refractivity contribution in [3.63, 3.8) is 0 Å². The van der Waals surface area contributed by atoms with E-state index in [1.54, 1.807) is 25.5 Å². The number of carbonyl (C=O) groups excluding carboxylic acids is 1. The Morgan fingerprint density at radius 1 is 1.27 bits per heavy atom. The monoisotopic (exact) mass is 487 g/mol. The number of aryl methyl sites for hydroxylation is 3. The number of nitrogens with two attached hydrogens (primary N) is 1. The number of pyridine rings is 2. The van der Waals surface area contributed by atoms with E-state index in [-0.39, 0.29) is 26.7 Å². The van der Waals surface area contributed by atoms with Gasteiger partial charge in [0.05, 0.1) is 4.88 Å². The van der Waals surface area contributed by atoms with Crippen LogP contribution in [0.15, 0.2) is 39.6 Å². The van der Waals surface area contributed by atoms with Crippen molar-refractivity contribution >= 4 is 38.2 Å². The number of sulfonamides is 1. The highest BCUT2D eigenvalue weighted by atomic mass is 32.2. The SMILES string of the molecule is CNC(=O)c1cc2c(-c3sc(S(N)(=O)=O)cc3Oc3ncc(C)cc3C)cn(C)c(=O)c2[nH]1. The van der Waals surface area contributed by atoms with Gasteiger partial charge in [0.2, 0.25) is 15.9 Å². The Bertz CT molecular complexity index is 1580. The molecule has 0 unspecified atom stereocenters. The lowest BCUT2D eigenvalue weighted by Gasteiger charge is -2.10. The van der Waals surface area contributed by atoms with Crippen LogP contribution >= 0.6 is 11.3 Å². The number of rotatable bonds is 5. The van der Waals surface area contributed by atoms with Crippen molar-refractivity contribution in [3.8, 4) is 22.1 Å². The van der Waals surface area contributed by atoms with E-state index >= 15 is 0 Å². The molecule has 0 saturated heterocycles. The summed E-state index contributed by atoms with van der Waals surface area (Å²) in [6.07, 6.45) is 3.20. The van der Waals surface area contributed by atoms with E-state index in [9.17, 15) is 18.0 Å². The van der Waals surface area contributed by atoms with Gasteiger partial charge in [-0.15, -0.1) is 11.3 Å². The van der Waals surface area contributed by atoms with Crippen molar-refractivity contribution in [3.05, 3.63) is 57.8 Å². The minimum atomic E-state index is -4.03. The van der Waals surface area contributed by atoms with E-state index in [1.165, 1.54) is 17.7 Å². The fraction of sp³-hybridized carbons (Fsp3) is 0.190. The summed E-state index contributed by atoms with van der Waals surface area (Å²) in [6, 6.07) is 4.77. The third-order valence-electron chi connectivity index (χ3n) is 5.01. The van der Waals surface area contributed by atoms with Gasteiger partial charge in [0, 0.05) is 49.1 Å². The van der Waals surface area contributed by atoms with Crippen molar-refractivity contribution in [1.82, 2.24) is 19.9 Å². The molecule has 4 rings (SSSR count). The molecule has 0 aliphatic carbocycles. The molecule has 10 nitrogen and oxygen atoms in total. The first-order chi connectivity index (χ1) is 15.5. The summed E-state index contributed by atoms with van der Waals surface area (Å²) in [5.41, 5.74) is 2.26. The number of carbonyl (C=O) groups is 1. The Labute approximate surface area is 193 Å². The topological polar surface area (TPSA) is 149 Å². The predicted molar refractivity (Wildman–Crippen MR) is 125 cm³/mol. The van der Waals surface area contributed by atoms with Gasteiger partial charge in [0.25, 0.3) is 11.5 Å². The van der Waals surface area contributed by atoms with Crippen LogP contribution in [0.2, 0.25) is 0 Å². The van der Waals surface area contributed by atoms with Crippen LogP contribution in [-0.2, 0) is 17.1 Å². The zero-order chi connectivity index (χ0) is 24.1. The number of H-pyrrole nitrogens is 1. The Morgan fingerprint density at radius 2 is 2.00 bits per heavy atom. The van der Waals surface area contributed by atoms with E-state index in [0.717, 1.165) is 22.5 Å². The van der Waals surface area contributed by atoms with Crippen LogP contribution in [0.3, 0.4) is 0 Å². The van der Waals surface area contributed by atoms with E-state index in [1.807, 2.05) is 19.9 Å². The Hall–Kier alpha value is -3.48. The van der Waals surface area contributed by atoms with Crippen LogP contribution in [0.1, 0.15) is 21.6 Å². The normalized spacial score (nSPS) is 11.7. The molecule has 0 spiro atoms. The summed E-state index contributed by atoms with van der Waals surface area (Å²) in [5.74, 6) is 0.125. The number of nitrogens with zero attached hydrogens (tertiary/aromatic N) is 2. The number of aromatic amines is 1. The third-order valence-corrected chi connectivity index (χ3v) is 7.58. The van der Waals surface area contributed by atoms with Crippen LogP contribution in [0, 0.1) is 13.8 Å². The molecule has 4 heterocycles. The molecule has 0 saturated carbocycles. The molecule has 4 N–H and O–H groups in total. The second-order valence-electron chi connectivity index (χ2n) is 7.55. The molecule has 0 aromatic carbocycles. The standard InChI is InChI=1S/C21H21N5O5S2/c1-10-5-11(2)20(24-8-10)31-15-7-16(33(22,29)30)32-18(15)13-9-26(4)21(28)17-12(13)6-14(25-17)19(27)23-3/h5-9,25H,1-4H3,(H,23,27)(H2,22,29,30). The average molecular weight is 488 g/mol. The van der Waals surface area contributed by atoms with Gasteiger partial charge in [-0.2, -0.15) is 0 Å². The maximum atomic E-state index is 12.7. The molecule has 0 aliphatic heterocycles. The summed E-state index contributed by atoms with van der Waals surface area (Å²) in [6.45, 7) is 3.73. The Morgan fingerprint density at radius 3 is 2.64 bits per heavy atom. The van der Waals surface area contributed by atoms with Crippen molar-refractivity contribution < 1.29 is 17.9 Å². The summed E-state index contributed by atoms with van der Waals surface area (Å²) in [7, 11) is -0.987. The summed E-state index contributed by atoms with van der Waals surface area (Å²) < 4.78 is 31.5. The number of amides is 1. The zero-order valence-corrected chi connectivity index (χ0v) is 19.8. The average Bonchev–Trinajstić information content (AvgIpc) is 3.37.